The van der Waals surface area contributed by atoms with Crippen LogP contribution in [0.5, 0.6) is 5.75 Å². The molecule has 2 heterocycles. The first-order valence-corrected chi connectivity index (χ1v) is 8.53. The molecule has 0 aromatic heterocycles. The molecule has 0 radical (unpaired) electrons. The predicted molar refractivity (Wildman–Crippen MR) is 88.6 cm³/mol. The topological polar surface area (TPSA) is 50.8 Å². The van der Waals surface area contributed by atoms with Crippen molar-refractivity contribution in [3.8, 4) is 5.75 Å². The van der Waals surface area contributed by atoms with Gasteiger partial charge in [-0.2, -0.15) is 0 Å². The van der Waals surface area contributed by atoms with Crippen LogP contribution in [0, 0.1) is 6.92 Å². The third kappa shape index (κ3) is 4.69. The maximum atomic E-state index is 12.4. The SMILES string of the molecule is Cc1ccc(OC2CCN(C(=O)CC3COCCN3)CC2)cc1. The minimum Gasteiger partial charge on any atom is -0.490 e. The van der Waals surface area contributed by atoms with E-state index in [1.54, 1.807) is 0 Å². The number of ether oxygens (including phenoxy) is 2. The van der Waals surface area contributed by atoms with Crippen LogP contribution in [-0.2, 0) is 9.53 Å². The van der Waals surface area contributed by atoms with Crippen LogP contribution < -0.4 is 10.1 Å². The maximum Gasteiger partial charge on any atom is 0.224 e. The first kappa shape index (κ1) is 16.3. The van der Waals surface area contributed by atoms with Gasteiger partial charge in [-0.25, -0.2) is 0 Å². The molecule has 126 valence electrons. The molecule has 5 nitrogen and oxygen atoms in total. The quantitative estimate of drug-likeness (QED) is 0.919. The summed E-state index contributed by atoms with van der Waals surface area (Å²) in [6.45, 7) is 5.85. The number of hydrogen-bond acceptors (Lipinski definition) is 4. The lowest BCUT2D eigenvalue weighted by atomic mass is 10.1. The maximum absolute atomic E-state index is 12.4. The smallest absolute Gasteiger partial charge is 0.224 e. The summed E-state index contributed by atoms with van der Waals surface area (Å²) in [6, 6.07) is 8.32. The van der Waals surface area contributed by atoms with Crippen LogP contribution in [0.3, 0.4) is 0 Å². The van der Waals surface area contributed by atoms with Crippen LogP contribution in [0.4, 0.5) is 0 Å². The lowest BCUT2D eigenvalue weighted by Gasteiger charge is -2.33. The van der Waals surface area contributed by atoms with E-state index in [9.17, 15) is 4.79 Å². The number of rotatable bonds is 4. The Morgan fingerprint density at radius 1 is 1.30 bits per heavy atom. The van der Waals surface area contributed by atoms with Gasteiger partial charge in [0.25, 0.3) is 0 Å². The molecule has 2 saturated heterocycles. The van der Waals surface area contributed by atoms with Crippen molar-refractivity contribution in [3.05, 3.63) is 29.8 Å². The highest BCUT2D eigenvalue weighted by molar-refractivity contribution is 5.77. The largest absolute Gasteiger partial charge is 0.490 e. The van der Waals surface area contributed by atoms with Gasteiger partial charge >= 0.3 is 0 Å². The minimum absolute atomic E-state index is 0.165. The van der Waals surface area contributed by atoms with Gasteiger partial charge in [0.05, 0.1) is 13.2 Å². The molecule has 2 aliphatic heterocycles. The van der Waals surface area contributed by atoms with Crippen LogP contribution >= 0.6 is 0 Å². The number of likely N-dealkylation sites (tertiary alicyclic amines) is 1. The third-order valence-corrected chi connectivity index (χ3v) is 4.54. The van der Waals surface area contributed by atoms with Gasteiger partial charge in [-0.05, 0) is 19.1 Å². The van der Waals surface area contributed by atoms with Gasteiger partial charge in [-0.1, -0.05) is 17.7 Å². The molecule has 0 spiro atoms. The van der Waals surface area contributed by atoms with Crippen molar-refractivity contribution in [2.24, 2.45) is 0 Å². The number of carbonyl (C=O) groups excluding carboxylic acids is 1. The van der Waals surface area contributed by atoms with Crippen molar-refractivity contribution < 1.29 is 14.3 Å². The summed E-state index contributed by atoms with van der Waals surface area (Å²) in [5.74, 6) is 1.14. The number of carbonyl (C=O) groups is 1. The monoisotopic (exact) mass is 318 g/mol. The zero-order chi connectivity index (χ0) is 16.1. The van der Waals surface area contributed by atoms with Crippen molar-refractivity contribution in [3.63, 3.8) is 0 Å². The standard InChI is InChI=1S/C18H26N2O3/c1-14-2-4-16(5-3-14)23-17-6-9-20(10-7-17)18(21)12-15-13-22-11-8-19-15/h2-5,15,17,19H,6-13H2,1H3. The number of hydrogen-bond donors (Lipinski definition) is 1. The molecule has 0 saturated carbocycles. The van der Waals surface area contributed by atoms with Crippen LogP contribution in [0.25, 0.3) is 0 Å². The number of amides is 1. The second-order valence-corrected chi connectivity index (χ2v) is 6.44. The van der Waals surface area contributed by atoms with E-state index in [4.69, 9.17) is 9.47 Å². The second-order valence-electron chi connectivity index (χ2n) is 6.44. The summed E-state index contributed by atoms with van der Waals surface area (Å²) >= 11 is 0. The molecule has 0 aliphatic carbocycles. The number of benzene rings is 1. The minimum atomic E-state index is 0.165. The second kappa shape index (κ2) is 7.79. The van der Waals surface area contributed by atoms with E-state index in [1.807, 2.05) is 17.0 Å². The van der Waals surface area contributed by atoms with Crippen LogP contribution in [0.1, 0.15) is 24.8 Å². The molecule has 0 bridgehead atoms. The summed E-state index contributed by atoms with van der Waals surface area (Å²) in [4.78, 5) is 14.3. The van der Waals surface area contributed by atoms with E-state index in [2.05, 4.69) is 24.4 Å². The average Bonchev–Trinajstić information content (AvgIpc) is 2.58. The van der Waals surface area contributed by atoms with Gasteiger partial charge in [-0.3, -0.25) is 4.79 Å². The highest BCUT2D eigenvalue weighted by Gasteiger charge is 2.26. The number of aryl methyl sites for hydroxylation is 1. The van der Waals surface area contributed by atoms with E-state index in [0.717, 1.165) is 44.8 Å². The highest BCUT2D eigenvalue weighted by Crippen LogP contribution is 2.20. The normalized spacial score (nSPS) is 22.8. The molecule has 2 aliphatic rings. The summed E-state index contributed by atoms with van der Waals surface area (Å²) < 4.78 is 11.4. The molecule has 1 aromatic rings. The summed E-state index contributed by atoms with van der Waals surface area (Å²) in [5.41, 5.74) is 1.23. The van der Waals surface area contributed by atoms with E-state index >= 15 is 0 Å². The molecular weight excluding hydrogens is 292 g/mol. The molecule has 23 heavy (non-hydrogen) atoms. The molecule has 3 rings (SSSR count). The Morgan fingerprint density at radius 2 is 2.04 bits per heavy atom. The molecular formula is C18H26N2O3. The zero-order valence-corrected chi connectivity index (χ0v) is 13.8. The van der Waals surface area contributed by atoms with Crippen LogP contribution in [0.15, 0.2) is 24.3 Å². The fourth-order valence-corrected chi connectivity index (χ4v) is 3.12. The summed E-state index contributed by atoms with van der Waals surface area (Å²) in [6.07, 6.45) is 2.53. The number of morpholine rings is 1. The van der Waals surface area contributed by atoms with E-state index in [-0.39, 0.29) is 18.1 Å². The fourth-order valence-electron chi connectivity index (χ4n) is 3.12. The molecule has 1 aromatic carbocycles. The van der Waals surface area contributed by atoms with Gasteiger partial charge in [-0.15, -0.1) is 0 Å². The molecule has 1 amide bonds. The lowest BCUT2D eigenvalue weighted by molar-refractivity contribution is -0.134. The van der Waals surface area contributed by atoms with E-state index < -0.39 is 0 Å². The highest BCUT2D eigenvalue weighted by atomic mass is 16.5. The first-order valence-electron chi connectivity index (χ1n) is 8.53. The third-order valence-electron chi connectivity index (χ3n) is 4.54. The Hall–Kier alpha value is -1.59. The van der Waals surface area contributed by atoms with Gasteiger partial charge in [0.15, 0.2) is 0 Å². The molecule has 1 unspecified atom stereocenters. The number of nitrogens with one attached hydrogen (secondary N) is 1. The van der Waals surface area contributed by atoms with Gasteiger partial charge < -0.3 is 19.7 Å². The summed E-state index contributed by atoms with van der Waals surface area (Å²) in [5, 5.41) is 3.34. The van der Waals surface area contributed by atoms with Crippen molar-refractivity contribution in [2.45, 2.75) is 38.3 Å². The molecule has 5 heteroatoms. The zero-order valence-electron chi connectivity index (χ0n) is 13.8. The van der Waals surface area contributed by atoms with E-state index in [0.29, 0.717) is 13.0 Å². The molecule has 1 N–H and O–H groups in total. The van der Waals surface area contributed by atoms with Crippen molar-refractivity contribution in [1.82, 2.24) is 10.2 Å². The van der Waals surface area contributed by atoms with Crippen LogP contribution in [-0.4, -0.2) is 55.8 Å². The number of piperidine rings is 1. The van der Waals surface area contributed by atoms with Crippen molar-refractivity contribution in [2.75, 3.05) is 32.8 Å². The van der Waals surface area contributed by atoms with Crippen LogP contribution in [0.2, 0.25) is 0 Å². The summed E-state index contributed by atoms with van der Waals surface area (Å²) in [7, 11) is 0. The van der Waals surface area contributed by atoms with Gasteiger partial charge in [0.1, 0.15) is 11.9 Å². The molecule has 2 fully saturated rings. The van der Waals surface area contributed by atoms with E-state index in [1.165, 1.54) is 5.56 Å². The Bertz CT molecular complexity index is 504. The first-order chi connectivity index (χ1) is 11.2. The predicted octanol–water partition coefficient (Wildman–Crippen LogP) is 1.74. The fraction of sp³-hybridized carbons (Fsp3) is 0.611. The van der Waals surface area contributed by atoms with Crippen molar-refractivity contribution in [1.29, 1.82) is 0 Å². The Labute approximate surface area is 137 Å². The van der Waals surface area contributed by atoms with Crippen molar-refractivity contribution >= 4 is 5.91 Å². The Kier molecular flexibility index (Phi) is 5.51. The van der Waals surface area contributed by atoms with Gasteiger partial charge in [0.2, 0.25) is 5.91 Å². The Morgan fingerprint density at radius 3 is 2.70 bits per heavy atom. The lowest BCUT2D eigenvalue weighted by Crippen LogP contribution is -2.47. The number of nitrogens with zero attached hydrogens (tertiary/aromatic N) is 1. The van der Waals surface area contributed by atoms with Gasteiger partial charge in [0, 0.05) is 44.9 Å². The molecule has 1 atom stereocenters. The Balaban J connectivity index is 1.42. The average molecular weight is 318 g/mol.